The Hall–Kier alpha value is -2.36. The van der Waals surface area contributed by atoms with E-state index in [1.807, 2.05) is 6.07 Å². The van der Waals surface area contributed by atoms with Crippen LogP contribution in [0.2, 0.25) is 0 Å². The lowest BCUT2D eigenvalue weighted by Crippen LogP contribution is -2.26. The van der Waals surface area contributed by atoms with E-state index in [2.05, 4.69) is 37.0 Å². The third-order valence-electron chi connectivity index (χ3n) is 4.76. The summed E-state index contributed by atoms with van der Waals surface area (Å²) in [5.74, 6) is 0.690. The summed E-state index contributed by atoms with van der Waals surface area (Å²) in [6.45, 7) is 7.50. The summed E-state index contributed by atoms with van der Waals surface area (Å²) in [4.78, 5) is 16.0. The lowest BCUT2D eigenvalue weighted by Gasteiger charge is -2.32. The van der Waals surface area contributed by atoms with Gasteiger partial charge in [0.15, 0.2) is 0 Å². The second-order valence-corrected chi connectivity index (χ2v) is 7.07. The molecule has 1 aliphatic rings. The Labute approximate surface area is 149 Å². The van der Waals surface area contributed by atoms with Crippen LogP contribution in [-0.4, -0.2) is 24.2 Å². The van der Waals surface area contributed by atoms with E-state index in [1.54, 1.807) is 19.2 Å². The maximum Gasteiger partial charge on any atom is 0.339 e. The van der Waals surface area contributed by atoms with Crippen molar-refractivity contribution in [2.75, 3.05) is 13.2 Å². The third-order valence-corrected chi connectivity index (χ3v) is 4.76. The molecule has 0 saturated heterocycles. The normalized spacial score (nSPS) is 15.2. The fourth-order valence-electron chi connectivity index (χ4n) is 3.12. The lowest BCUT2D eigenvalue weighted by molar-refractivity contribution is 0.0526. The fraction of sp³-hybridized carbons (Fsp3) is 0.429. The van der Waals surface area contributed by atoms with E-state index >= 15 is 0 Å². The molecule has 1 aromatic carbocycles. The number of ether oxygens (including phenoxy) is 2. The molecule has 4 nitrogen and oxygen atoms in total. The van der Waals surface area contributed by atoms with Crippen LogP contribution in [0.1, 0.15) is 54.4 Å². The molecule has 0 fully saturated rings. The number of carbonyl (C=O) groups excluding carboxylic acids is 1. The number of pyridine rings is 1. The van der Waals surface area contributed by atoms with Crippen molar-refractivity contribution in [1.82, 2.24) is 4.98 Å². The van der Waals surface area contributed by atoms with E-state index in [0.717, 1.165) is 37.3 Å². The molecule has 4 heteroatoms. The number of nitrogens with zero attached hydrogens (tertiary/aromatic N) is 1. The largest absolute Gasteiger partial charge is 0.493 e. The number of fused-ring (bicyclic) bond motifs is 1. The van der Waals surface area contributed by atoms with Crippen molar-refractivity contribution in [3.8, 4) is 5.75 Å². The maximum atomic E-state index is 11.7. The lowest BCUT2D eigenvalue weighted by atomic mass is 9.79. The molecule has 2 heterocycles. The second kappa shape index (κ2) is 7.26. The molecule has 0 radical (unpaired) electrons. The van der Waals surface area contributed by atoms with Gasteiger partial charge in [0.05, 0.1) is 18.8 Å². The number of rotatable bonds is 5. The zero-order valence-corrected chi connectivity index (χ0v) is 15.2. The third kappa shape index (κ3) is 4.01. The smallest absolute Gasteiger partial charge is 0.339 e. The zero-order chi connectivity index (χ0) is 17.9. The second-order valence-electron chi connectivity index (χ2n) is 7.07. The standard InChI is InChI=1S/C21H25NO3/c1-4-24-20(23)16-7-9-17(22-14-16)8-5-15-6-10-19-18(13-15)21(2,3)11-12-25-19/h6-7,9-10,13-14H,4-5,8,11-12H2,1-3H3. The van der Waals surface area contributed by atoms with Gasteiger partial charge in [-0.15, -0.1) is 0 Å². The Morgan fingerprint density at radius 2 is 2.08 bits per heavy atom. The van der Waals surface area contributed by atoms with Crippen LogP contribution >= 0.6 is 0 Å². The minimum absolute atomic E-state index is 0.156. The SMILES string of the molecule is CCOC(=O)c1ccc(CCc2ccc3c(c2)C(C)(C)CCO3)nc1. The van der Waals surface area contributed by atoms with Gasteiger partial charge < -0.3 is 9.47 Å². The van der Waals surface area contributed by atoms with Crippen molar-refractivity contribution in [2.24, 2.45) is 0 Å². The number of aromatic nitrogens is 1. The summed E-state index contributed by atoms with van der Waals surface area (Å²) < 4.78 is 10.8. The molecule has 1 aromatic heterocycles. The highest BCUT2D eigenvalue weighted by Crippen LogP contribution is 2.38. The van der Waals surface area contributed by atoms with Crippen LogP contribution in [0.5, 0.6) is 5.75 Å². The van der Waals surface area contributed by atoms with Crippen LogP contribution in [0.4, 0.5) is 0 Å². The van der Waals surface area contributed by atoms with Gasteiger partial charge in [-0.3, -0.25) is 4.98 Å². The van der Waals surface area contributed by atoms with E-state index in [9.17, 15) is 4.79 Å². The Morgan fingerprint density at radius 1 is 1.24 bits per heavy atom. The molecule has 0 atom stereocenters. The van der Waals surface area contributed by atoms with Gasteiger partial charge in [-0.05, 0) is 55.4 Å². The zero-order valence-electron chi connectivity index (χ0n) is 15.2. The summed E-state index contributed by atoms with van der Waals surface area (Å²) in [6.07, 6.45) is 4.38. The van der Waals surface area contributed by atoms with Crippen LogP contribution in [0.15, 0.2) is 36.5 Å². The van der Waals surface area contributed by atoms with Crippen molar-refractivity contribution in [2.45, 2.75) is 45.4 Å². The highest BCUT2D eigenvalue weighted by Gasteiger charge is 2.28. The van der Waals surface area contributed by atoms with Crippen molar-refractivity contribution in [3.05, 3.63) is 58.9 Å². The van der Waals surface area contributed by atoms with Crippen molar-refractivity contribution in [1.29, 1.82) is 0 Å². The molecule has 0 unspecified atom stereocenters. The van der Waals surface area contributed by atoms with Gasteiger partial charge in [-0.2, -0.15) is 0 Å². The molecule has 1 aliphatic heterocycles. The van der Waals surface area contributed by atoms with Gasteiger partial charge >= 0.3 is 5.97 Å². The molecule has 0 spiro atoms. The number of hydrogen-bond acceptors (Lipinski definition) is 4. The molecular formula is C21H25NO3. The van der Waals surface area contributed by atoms with E-state index in [1.165, 1.54) is 11.1 Å². The summed E-state index contributed by atoms with van der Waals surface area (Å²) in [7, 11) is 0. The minimum Gasteiger partial charge on any atom is -0.493 e. The van der Waals surface area contributed by atoms with Gasteiger partial charge in [-0.1, -0.05) is 26.0 Å². The highest BCUT2D eigenvalue weighted by atomic mass is 16.5. The van der Waals surface area contributed by atoms with Crippen LogP contribution in [0.25, 0.3) is 0 Å². The molecule has 0 aliphatic carbocycles. The summed E-state index contributed by atoms with van der Waals surface area (Å²) >= 11 is 0. The first-order valence-electron chi connectivity index (χ1n) is 8.88. The van der Waals surface area contributed by atoms with Gasteiger partial charge in [0.25, 0.3) is 0 Å². The average molecular weight is 339 g/mol. The van der Waals surface area contributed by atoms with Gasteiger partial charge in [-0.25, -0.2) is 4.79 Å². The molecule has 3 rings (SSSR count). The maximum absolute atomic E-state index is 11.7. The first kappa shape index (κ1) is 17.5. The molecule has 25 heavy (non-hydrogen) atoms. The van der Waals surface area contributed by atoms with E-state index in [4.69, 9.17) is 9.47 Å². The van der Waals surface area contributed by atoms with Gasteiger partial charge in [0.2, 0.25) is 0 Å². The number of esters is 1. The Balaban J connectivity index is 1.67. The number of aryl methyl sites for hydroxylation is 2. The molecule has 0 bridgehead atoms. The monoisotopic (exact) mass is 339 g/mol. The fourth-order valence-corrected chi connectivity index (χ4v) is 3.12. The first-order chi connectivity index (χ1) is 12.0. The highest BCUT2D eigenvalue weighted by molar-refractivity contribution is 5.88. The average Bonchev–Trinajstić information content (AvgIpc) is 2.61. The Kier molecular flexibility index (Phi) is 5.07. The van der Waals surface area contributed by atoms with Crippen LogP contribution in [0, 0.1) is 0 Å². The summed E-state index contributed by atoms with van der Waals surface area (Å²) in [5, 5.41) is 0. The summed E-state index contributed by atoms with van der Waals surface area (Å²) in [6, 6.07) is 10.2. The quantitative estimate of drug-likeness (QED) is 0.770. The number of carbonyl (C=O) groups is 1. The first-order valence-corrected chi connectivity index (χ1v) is 8.88. The Morgan fingerprint density at radius 3 is 2.80 bits per heavy atom. The van der Waals surface area contributed by atoms with Crippen molar-refractivity contribution in [3.63, 3.8) is 0 Å². The number of benzene rings is 1. The predicted octanol–water partition coefficient (Wildman–Crippen LogP) is 4.10. The van der Waals surface area contributed by atoms with Crippen LogP contribution < -0.4 is 4.74 Å². The van der Waals surface area contributed by atoms with Crippen molar-refractivity contribution < 1.29 is 14.3 Å². The van der Waals surface area contributed by atoms with Crippen molar-refractivity contribution >= 4 is 5.97 Å². The molecule has 2 aromatic rings. The molecule has 132 valence electrons. The molecular weight excluding hydrogens is 314 g/mol. The Bertz CT molecular complexity index is 750. The number of hydrogen-bond donors (Lipinski definition) is 0. The van der Waals surface area contributed by atoms with Crippen LogP contribution in [-0.2, 0) is 23.0 Å². The van der Waals surface area contributed by atoms with Gasteiger partial charge in [0, 0.05) is 17.5 Å². The predicted molar refractivity (Wildman–Crippen MR) is 97.2 cm³/mol. The molecule has 0 saturated carbocycles. The molecule has 0 amide bonds. The summed E-state index contributed by atoms with van der Waals surface area (Å²) in [5.41, 5.74) is 4.21. The minimum atomic E-state index is -0.321. The van der Waals surface area contributed by atoms with Crippen LogP contribution in [0.3, 0.4) is 0 Å². The van der Waals surface area contributed by atoms with E-state index < -0.39 is 0 Å². The molecule has 0 N–H and O–H groups in total. The van der Waals surface area contributed by atoms with Gasteiger partial charge in [0.1, 0.15) is 5.75 Å². The van der Waals surface area contributed by atoms with E-state index in [0.29, 0.717) is 12.2 Å². The van der Waals surface area contributed by atoms with E-state index in [-0.39, 0.29) is 11.4 Å². The topological polar surface area (TPSA) is 48.4 Å².